The normalized spacial score (nSPS) is 16.0. The Morgan fingerprint density at radius 1 is 1.20 bits per heavy atom. The lowest BCUT2D eigenvalue weighted by Crippen LogP contribution is -2.30. The number of fused-ring (bicyclic) bond motifs is 1. The number of carbonyl (C=O) groups is 1. The van der Waals surface area contributed by atoms with Crippen LogP contribution in [0.5, 0.6) is 11.5 Å². The molecule has 1 aliphatic heterocycles. The fourth-order valence-electron chi connectivity index (χ4n) is 2.86. The molecule has 2 heterocycles. The Hall–Kier alpha value is -3.22. The zero-order chi connectivity index (χ0) is 18.1. The highest BCUT2D eigenvalue weighted by Gasteiger charge is 2.38. The predicted octanol–water partition coefficient (Wildman–Crippen LogP) is 1.82. The number of hydrogen-bond acceptors (Lipinski definition) is 7. The molecule has 0 spiro atoms. The first-order valence-electron chi connectivity index (χ1n) is 7.50. The van der Waals surface area contributed by atoms with Crippen LogP contribution in [0.25, 0.3) is 0 Å². The van der Waals surface area contributed by atoms with Gasteiger partial charge in [-0.2, -0.15) is 0 Å². The standard InChI is InChI=1S/C18H17NO6/c1-9-8-12-14(18(21)24-9)13(10-4-6-11(22-2)7-5-10)15(16(19)25-12)17(20)23-3/h4-8,13H,19H2,1-3H3. The third-order valence-electron chi connectivity index (χ3n) is 3.99. The summed E-state index contributed by atoms with van der Waals surface area (Å²) >= 11 is 0. The second-order valence-corrected chi connectivity index (χ2v) is 5.50. The molecule has 0 aliphatic carbocycles. The minimum Gasteiger partial charge on any atom is -0.497 e. The molecule has 0 amide bonds. The van der Waals surface area contributed by atoms with Gasteiger partial charge in [0.1, 0.15) is 22.8 Å². The Kier molecular flexibility index (Phi) is 4.22. The van der Waals surface area contributed by atoms with Gasteiger partial charge in [-0.3, -0.25) is 0 Å². The fourth-order valence-corrected chi connectivity index (χ4v) is 2.86. The molecule has 0 saturated heterocycles. The van der Waals surface area contributed by atoms with Gasteiger partial charge in [-0.05, 0) is 24.6 Å². The summed E-state index contributed by atoms with van der Waals surface area (Å²) in [6, 6.07) is 8.51. The topological polar surface area (TPSA) is 101 Å². The van der Waals surface area contributed by atoms with Crippen molar-refractivity contribution in [1.29, 1.82) is 0 Å². The molecule has 1 aromatic carbocycles. The predicted molar refractivity (Wildman–Crippen MR) is 88.4 cm³/mol. The van der Waals surface area contributed by atoms with Crippen LogP contribution in [0.2, 0.25) is 0 Å². The number of ether oxygens (including phenoxy) is 3. The van der Waals surface area contributed by atoms with E-state index in [2.05, 4.69) is 0 Å². The van der Waals surface area contributed by atoms with Crippen molar-refractivity contribution in [2.75, 3.05) is 14.2 Å². The lowest BCUT2D eigenvalue weighted by molar-refractivity contribution is -0.136. The second kappa shape index (κ2) is 6.35. The largest absolute Gasteiger partial charge is 0.497 e. The highest BCUT2D eigenvalue weighted by Crippen LogP contribution is 2.41. The zero-order valence-corrected chi connectivity index (χ0v) is 14.0. The molecule has 7 heteroatoms. The Bertz CT molecular complexity index is 910. The molecule has 0 radical (unpaired) electrons. The molecular weight excluding hydrogens is 326 g/mol. The van der Waals surface area contributed by atoms with Gasteiger partial charge in [0.05, 0.1) is 25.7 Å². The summed E-state index contributed by atoms with van der Waals surface area (Å²) in [6.45, 7) is 1.63. The Balaban J connectivity index is 2.26. The van der Waals surface area contributed by atoms with Gasteiger partial charge in [0.25, 0.3) is 0 Å². The number of nitrogens with two attached hydrogens (primary N) is 1. The maximum atomic E-state index is 12.5. The summed E-state index contributed by atoms with van der Waals surface area (Å²) in [4.78, 5) is 24.7. The molecule has 0 bridgehead atoms. The number of methoxy groups -OCH3 is 2. The molecule has 0 fully saturated rings. The summed E-state index contributed by atoms with van der Waals surface area (Å²) in [5.41, 5.74) is 6.27. The van der Waals surface area contributed by atoms with Crippen LogP contribution in [-0.2, 0) is 9.53 Å². The zero-order valence-electron chi connectivity index (χ0n) is 14.0. The molecule has 1 aliphatic rings. The third kappa shape index (κ3) is 2.84. The highest BCUT2D eigenvalue weighted by molar-refractivity contribution is 5.92. The van der Waals surface area contributed by atoms with E-state index >= 15 is 0 Å². The van der Waals surface area contributed by atoms with E-state index in [9.17, 15) is 9.59 Å². The molecule has 1 aromatic heterocycles. The van der Waals surface area contributed by atoms with Gasteiger partial charge in [-0.25, -0.2) is 9.59 Å². The van der Waals surface area contributed by atoms with Crippen LogP contribution in [0.3, 0.4) is 0 Å². The van der Waals surface area contributed by atoms with E-state index in [1.165, 1.54) is 7.11 Å². The van der Waals surface area contributed by atoms with E-state index < -0.39 is 17.5 Å². The van der Waals surface area contributed by atoms with Crippen molar-refractivity contribution in [3.8, 4) is 11.5 Å². The molecule has 25 heavy (non-hydrogen) atoms. The summed E-state index contributed by atoms with van der Waals surface area (Å²) in [7, 11) is 2.79. The average Bonchev–Trinajstić information content (AvgIpc) is 2.59. The van der Waals surface area contributed by atoms with Crippen LogP contribution < -0.4 is 20.8 Å². The van der Waals surface area contributed by atoms with Gasteiger partial charge < -0.3 is 24.4 Å². The smallest absolute Gasteiger partial charge is 0.343 e. The minimum atomic E-state index is -0.765. The maximum Gasteiger partial charge on any atom is 0.343 e. The van der Waals surface area contributed by atoms with Crippen LogP contribution in [0, 0.1) is 6.92 Å². The van der Waals surface area contributed by atoms with Gasteiger partial charge in [0.2, 0.25) is 5.88 Å². The van der Waals surface area contributed by atoms with E-state index in [1.807, 2.05) is 0 Å². The molecule has 130 valence electrons. The van der Waals surface area contributed by atoms with Gasteiger partial charge in [-0.1, -0.05) is 12.1 Å². The first-order valence-corrected chi connectivity index (χ1v) is 7.50. The quantitative estimate of drug-likeness (QED) is 0.848. The van der Waals surface area contributed by atoms with Gasteiger partial charge >= 0.3 is 11.6 Å². The van der Waals surface area contributed by atoms with Crippen LogP contribution >= 0.6 is 0 Å². The SMILES string of the molecule is COC(=O)C1=C(N)Oc2cc(C)oc(=O)c2C1c1ccc(OC)cc1. The van der Waals surface area contributed by atoms with E-state index in [0.29, 0.717) is 17.1 Å². The second-order valence-electron chi connectivity index (χ2n) is 5.50. The first-order chi connectivity index (χ1) is 12.0. The van der Waals surface area contributed by atoms with Gasteiger partial charge in [0, 0.05) is 6.07 Å². The van der Waals surface area contributed by atoms with E-state index in [4.69, 9.17) is 24.4 Å². The number of aryl methyl sites for hydroxylation is 1. The van der Waals surface area contributed by atoms with Gasteiger partial charge in [-0.15, -0.1) is 0 Å². The molecule has 7 nitrogen and oxygen atoms in total. The first kappa shape index (κ1) is 16.6. The van der Waals surface area contributed by atoms with Crippen LogP contribution in [-0.4, -0.2) is 20.2 Å². The summed E-state index contributed by atoms with van der Waals surface area (Å²) in [5, 5.41) is 0. The molecule has 2 aromatic rings. The third-order valence-corrected chi connectivity index (χ3v) is 3.99. The summed E-state index contributed by atoms with van der Waals surface area (Å²) < 4.78 is 20.7. The summed E-state index contributed by atoms with van der Waals surface area (Å²) in [6.07, 6.45) is 0. The Morgan fingerprint density at radius 2 is 1.88 bits per heavy atom. The number of rotatable bonds is 3. The number of carbonyl (C=O) groups excluding carboxylic acids is 1. The average molecular weight is 343 g/mol. The van der Waals surface area contributed by atoms with Crippen molar-refractivity contribution in [3.63, 3.8) is 0 Å². The molecular formula is C18H17NO6. The van der Waals surface area contributed by atoms with Crippen molar-refractivity contribution >= 4 is 5.97 Å². The molecule has 0 saturated carbocycles. The van der Waals surface area contributed by atoms with Gasteiger partial charge in [0.15, 0.2) is 0 Å². The summed E-state index contributed by atoms with van der Waals surface area (Å²) in [5.74, 6) is -0.261. The Labute approximate surface area is 143 Å². The monoisotopic (exact) mass is 343 g/mol. The highest BCUT2D eigenvalue weighted by atomic mass is 16.5. The van der Waals surface area contributed by atoms with E-state index in [1.54, 1.807) is 44.4 Å². The molecule has 2 N–H and O–H groups in total. The number of hydrogen-bond donors (Lipinski definition) is 1. The fraction of sp³-hybridized carbons (Fsp3) is 0.222. The Morgan fingerprint density at radius 3 is 2.48 bits per heavy atom. The lowest BCUT2D eigenvalue weighted by atomic mass is 9.84. The van der Waals surface area contributed by atoms with Crippen LogP contribution in [0.4, 0.5) is 0 Å². The van der Waals surface area contributed by atoms with E-state index in [-0.39, 0.29) is 22.8 Å². The minimum absolute atomic E-state index is 0.0521. The number of benzene rings is 1. The van der Waals surface area contributed by atoms with Crippen molar-refractivity contribution in [2.45, 2.75) is 12.8 Å². The van der Waals surface area contributed by atoms with E-state index in [0.717, 1.165) is 0 Å². The van der Waals surface area contributed by atoms with Crippen molar-refractivity contribution in [2.24, 2.45) is 5.73 Å². The van der Waals surface area contributed by atoms with Crippen molar-refractivity contribution in [3.05, 3.63) is 69.1 Å². The van der Waals surface area contributed by atoms with Crippen LogP contribution in [0.15, 0.2) is 51.0 Å². The van der Waals surface area contributed by atoms with Crippen molar-refractivity contribution in [1.82, 2.24) is 0 Å². The molecule has 1 atom stereocenters. The maximum absolute atomic E-state index is 12.5. The number of esters is 1. The lowest BCUT2D eigenvalue weighted by Gasteiger charge is -2.27. The van der Waals surface area contributed by atoms with Crippen molar-refractivity contribution < 1.29 is 23.4 Å². The molecule has 1 unspecified atom stereocenters. The van der Waals surface area contributed by atoms with Crippen LogP contribution in [0.1, 0.15) is 22.8 Å². The molecule has 3 rings (SSSR count).